The van der Waals surface area contributed by atoms with Crippen molar-refractivity contribution in [3.8, 4) is 0 Å². The first-order valence-corrected chi connectivity index (χ1v) is 6.56. The van der Waals surface area contributed by atoms with E-state index in [1.165, 1.54) is 0 Å². The number of anilines is 1. The lowest BCUT2D eigenvalue weighted by atomic mass is 10.3. The lowest BCUT2D eigenvalue weighted by Gasteiger charge is -2.15. The Hall–Kier alpha value is -0.910. The summed E-state index contributed by atoms with van der Waals surface area (Å²) in [5.74, 6) is 0. The molecule has 0 spiro atoms. The molecular formula is C13H22BrN3O. The van der Waals surface area contributed by atoms with E-state index in [1.807, 2.05) is 31.3 Å². The molecule has 0 aliphatic rings. The van der Waals surface area contributed by atoms with Gasteiger partial charge in [-0.2, -0.15) is 0 Å². The Bertz CT molecular complexity index is 328. The first-order chi connectivity index (χ1) is 8.49. The Morgan fingerprint density at radius 3 is 2.22 bits per heavy atom. The molecule has 2 N–H and O–H groups in total. The maximum atomic E-state index is 9.94. The van der Waals surface area contributed by atoms with Crippen molar-refractivity contribution in [3.05, 3.63) is 28.7 Å². The fourth-order valence-corrected chi connectivity index (χ4v) is 1.52. The van der Waals surface area contributed by atoms with Crippen molar-refractivity contribution < 1.29 is 4.79 Å². The van der Waals surface area contributed by atoms with Crippen LogP contribution in [0.5, 0.6) is 0 Å². The molecule has 0 heterocycles. The molecule has 1 aromatic rings. The summed E-state index contributed by atoms with van der Waals surface area (Å²) < 4.78 is 1.00. The fourth-order valence-electron chi connectivity index (χ4n) is 1.25. The molecule has 0 saturated heterocycles. The molecule has 0 aliphatic carbocycles. The molecule has 0 radical (unpaired) electrons. The molecule has 0 bridgehead atoms. The number of nitrogens with one attached hydrogen (secondary N) is 2. The summed E-state index contributed by atoms with van der Waals surface area (Å²) in [7, 11) is 6.13. The zero-order valence-electron chi connectivity index (χ0n) is 11.4. The summed E-state index contributed by atoms with van der Waals surface area (Å²) in [5, 5.41) is 5.69. The average Bonchev–Trinajstić information content (AvgIpc) is 2.32. The largest absolute Gasteiger partial charge is 0.329 e. The van der Waals surface area contributed by atoms with E-state index in [1.54, 1.807) is 0 Å². The summed E-state index contributed by atoms with van der Waals surface area (Å²) >= 11 is 3.28. The average molecular weight is 316 g/mol. The van der Waals surface area contributed by atoms with E-state index in [2.05, 4.69) is 52.5 Å². The standard InChI is InChI=1S/C7H6BrNO.C6H16N2/c8-6-1-3-7(4-2-6)9-5-10;1-6(7-2)5-8(3)4/h1-5H,(H,9,10);6-7H,5H2,1-4H3. The second kappa shape index (κ2) is 10.1. The Labute approximate surface area is 118 Å². The lowest BCUT2D eigenvalue weighted by Crippen LogP contribution is -2.33. The highest BCUT2D eigenvalue weighted by molar-refractivity contribution is 9.10. The number of rotatable bonds is 5. The van der Waals surface area contributed by atoms with Crippen LogP contribution in [0.4, 0.5) is 5.69 Å². The SMILES string of the molecule is CNC(C)CN(C)C.O=CNc1ccc(Br)cc1. The number of nitrogens with zero attached hydrogens (tertiary/aromatic N) is 1. The Morgan fingerprint density at radius 1 is 1.33 bits per heavy atom. The van der Waals surface area contributed by atoms with Crippen LogP contribution in [0.2, 0.25) is 0 Å². The number of hydrogen-bond acceptors (Lipinski definition) is 3. The summed E-state index contributed by atoms with van der Waals surface area (Å²) in [6.45, 7) is 3.27. The quantitative estimate of drug-likeness (QED) is 0.819. The zero-order chi connectivity index (χ0) is 14.0. The summed E-state index contributed by atoms with van der Waals surface area (Å²) in [6, 6.07) is 7.97. The van der Waals surface area contributed by atoms with Crippen LogP contribution in [0.25, 0.3) is 0 Å². The Balaban J connectivity index is 0.000000331. The highest BCUT2D eigenvalue weighted by atomic mass is 79.9. The van der Waals surface area contributed by atoms with E-state index in [0.717, 1.165) is 16.7 Å². The normalized spacial score (nSPS) is 11.4. The van der Waals surface area contributed by atoms with Crippen LogP contribution in [-0.2, 0) is 4.79 Å². The number of carbonyl (C=O) groups excluding carboxylic acids is 1. The second-order valence-electron chi connectivity index (χ2n) is 4.22. The van der Waals surface area contributed by atoms with Crippen molar-refractivity contribution in [2.45, 2.75) is 13.0 Å². The van der Waals surface area contributed by atoms with E-state index in [0.29, 0.717) is 12.5 Å². The van der Waals surface area contributed by atoms with E-state index in [-0.39, 0.29) is 0 Å². The van der Waals surface area contributed by atoms with Gasteiger partial charge in [0.2, 0.25) is 6.41 Å². The minimum Gasteiger partial charge on any atom is -0.329 e. The predicted molar refractivity (Wildman–Crippen MR) is 80.9 cm³/mol. The van der Waals surface area contributed by atoms with Gasteiger partial charge in [-0.25, -0.2) is 0 Å². The third-order valence-corrected chi connectivity index (χ3v) is 2.73. The lowest BCUT2D eigenvalue weighted by molar-refractivity contribution is -0.105. The third kappa shape index (κ3) is 9.15. The molecule has 1 amide bonds. The van der Waals surface area contributed by atoms with Crippen LogP contribution in [-0.4, -0.2) is 45.0 Å². The number of carbonyl (C=O) groups is 1. The summed E-state index contributed by atoms with van der Waals surface area (Å²) in [4.78, 5) is 12.1. The molecule has 0 fully saturated rings. The van der Waals surface area contributed by atoms with Gasteiger partial charge in [-0.1, -0.05) is 15.9 Å². The number of amides is 1. The maximum Gasteiger partial charge on any atom is 0.211 e. The number of halogens is 1. The molecule has 1 atom stereocenters. The van der Waals surface area contributed by atoms with Gasteiger partial charge in [-0.3, -0.25) is 4.79 Å². The molecule has 1 aromatic carbocycles. The minimum atomic E-state index is 0.602. The van der Waals surface area contributed by atoms with Gasteiger partial charge in [-0.05, 0) is 52.3 Å². The molecule has 18 heavy (non-hydrogen) atoms. The first-order valence-electron chi connectivity index (χ1n) is 5.77. The van der Waals surface area contributed by atoms with Crippen LogP contribution in [0.1, 0.15) is 6.92 Å². The minimum absolute atomic E-state index is 0.602. The topological polar surface area (TPSA) is 44.4 Å². The van der Waals surface area contributed by atoms with Crippen LogP contribution < -0.4 is 10.6 Å². The molecule has 4 nitrogen and oxygen atoms in total. The summed E-state index contributed by atoms with van der Waals surface area (Å²) in [5.41, 5.74) is 0.804. The van der Waals surface area contributed by atoms with E-state index >= 15 is 0 Å². The number of benzene rings is 1. The van der Waals surface area contributed by atoms with Crippen LogP contribution in [0, 0.1) is 0 Å². The monoisotopic (exact) mass is 315 g/mol. The van der Waals surface area contributed by atoms with Gasteiger partial charge in [0.05, 0.1) is 0 Å². The molecule has 102 valence electrons. The first kappa shape index (κ1) is 17.1. The molecule has 1 rings (SSSR count). The van der Waals surface area contributed by atoms with Crippen molar-refractivity contribution >= 4 is 28.0 Å². The third-order valence-electron chi connectivity index (χ3n) is 2.20. The maximum absolute atomic E-state index is 9.94. The molecular weight excluding hydrogens is 294 g/mol. The molecule has 0 aromatic heterocycles. The molecule has 0 saturated carbocycles. The predicted octanol–water partition coefficient (Wildman–Crippen LogP) is 2.17. The van der Waals surface area contributed by atoms with Gasteiger partial charge in [0, 0.05) is 22.7 Å². The van der Waals surface area contributed by atoms with Gasteiger partial charge in [0.15, 0.2) is 0 Å². The van der Waals surface area contributed by atoms with Crippen molar-refractivity contribution in [1.29, 1.82) is 0 Å². The van der Waals surface area contributed by atoms with Gasteiger partial charge in [0.25, 0.3) is 0 Å². The number of likely N-dealkylation sites (N-methyl/N-ethyl adjacent to an activating group) is 2. The van der Waals surface area contributed by atoms with E-state index in [9.17, 15) is 4.79 Å². The number of hydrogen-bond donors (Lipinski definition) is 2. The highest BCUT2D eigenvalue weighted by Crippen LogP contribution is 2.12. The van der Waals surface area contributed by atoms with Crippen LogP contribution in [0.3, 0.4) is 0 Å². The Morgan fingerprint density at radius 2 is 1.89 bits per heavy atom. The zero-order valence-corrected chi connectivity index (χ0v) is 13.0. The van der Waals surface area contributed by atoms with Gasteiger partial charge in [0.1, 0.15) is 0 Å². The molecule has 1 unspecified atom stereocenters. The van der Waals surface area contributed by atoms with Crippen molar-refractivity contribution in [1.82, 2.24) is 10.2 Å². The second-order valence-corrected chi connectivity index (χ2v) is 5.14. The smallest absolute Gasteiger partial charge is 0.211 e. The summed E-state index contributed by atoms with van der Waals surface area (Å²) in [6.07, 6.45) is 0.656. The molecule has 5 heteroatoms. The van der Waals surface area contributed by atoms with Crippen LogP contribution in [0.15, 0.2) is 28.7 Å². The van der Waals surface area contributed by atoms with Crippen LogP contribution >= 0.6 is 15.9 Å². The highest BCUT2D eigenvalue weighted by Gasteiger charge is 1.96. The molecule has 0 aliphatic heterocycles. The van der Waals surface area contributed by atoms with Gasteiger partial charge < -0.3 is 15.5 Å². The van der Waals surface area contributed by atoms with Crippen molar-refractivity contribution in [2.24, 2.45) is 0 Å². The van der Waals surface area contributed by atoms with E-state index in [4.69, 9.17) is 0 Å². The Kier molecular flexibility index (Phi) is 9.55. The van der Waals surface area contributed by atoms with Gasteiger partial charge in [-0.15, -0.1) is 0 Å². The van der Waals surface area contributed by atoms with E-state index < -0.39 is 0 Å². The van der Waals surface area contributed by atoms with Crippen molar-refractivity contribution in [2.75, 3.05) is 33.0 Å². The fraction of sp³-hybridized carbons (Fsp3) is 0.462. The van der Waals surface area contributed by atoms with Gasteiger partial charge >= 0.3 is 0 Å². The van der Waals surface area contributed by atoms with Crippen molar-refractivity contribution in [3.63, 3.8) is 0 Å².